The predicted octanol–water partition coefficient (Wildman–Crippen LogP) is 0.417. The van der Waals surface area contributed by atoms with Crippen molar-refractivity contribution in [1.82, 2.24) is 0 Å². The number of hydrogen-bond donors (Lipinski definition) is 0. The minimum absolute atomic E-state index is 0.00102. The highest BCUT2D eigenvalue weighted by molar-refractivity contribution is 6.35. The van der Waals surface area contributed by atoms with Crippen LogP contribution in [0, 0.1) is 0 Å². The number of rotatable bonds is 2. The van der Waals surface area contributed by atoms with Gasteiger partial charge < -0.3 is 9.47 Å². The highest BCUT2D eigenvalue weighted by Crippen LogP contribution is 2.15. The topological polar surface area (TPSA) is 35.5 Å². The van der Waals surface area contributed by atoms with Crippen LogP contribution in [0.25, 0.3) is 0 Å². The van der Waals surface area contributed by atoms with Gasteiger partial charge >= 0.3 is 5.97 Å². The van der Waals surface area contributed by atoms with Crippen LogP contribution >= 0.6 is 0 Å². The van der Waals surface area contributed by atoms with Crippen LogP contribution in [0.15, 0.2) is 0 Å². The zero-order valence-electron chi connectivity index (χ0n) is 6.87. The van der Waals surface area contributed by atoms with Gasteiger partial charge in [-0.3, -0.25) is 4.79 Å². The van der Waals surface area contributed by atoms with Gasteiger partial charge in [0.2, 0.25) is 0 Å². The van der Waals surface area contributed by atoms with E-state index in [4.69, 9.17) is 9.47 Å². The van der Waals surface area contributed by atoms with Gasteiger partial charge in [-0.15, -0.1) is 0 Å². The predicted molar refractivity (Wildman–Crippen MR) is 41.5 cm³/mol. The van der Waals surface area contributed by atoms with Crippen LogP contribution in [0.3, 0.4) is 0 Å². The molecule has 0 N–H and O–H groups in total. The summed E-state index contributed by atoms with van der Waals surface area (Å²) in [5.74, 6) is -0.229. The van der Waals surface area contributed by atoms with E-state index in [1.54, 1.807) is 0 Å². The summed E-state index contributed by atoms with van der Waals surface area (Å²) in [7, 11) is 1.92. The fraction of sp³-hybridized carbons (Fsp3) is 0.857. The minimum atomic E-state index is -0.229. The molecule has 0 spiro atoms. The third-order valence-corrected chi connectivity index (χ3v) is 1.72. The Morgan fingerprint density at radius 1 is 1.73 bits per heavy atom. The fourth-order valence-electron chi connectivity index (χ4n) is 1.24. The van der Waals surface area contributed by atoms with Gasteiger partial charge in [-0.2, -0.15) is 0 Å². The summed E-state index contributed by atoms with van der Waals surface area (Å²) in [6, 6.07) is -0.00102. The SMILES string of the molecule is C[B]C1OCCC1OC(C)=O. The van der Waals surface area contributed by atoms with E-state index in [-0.39, 0.29) is 18.1 Å². The lowest BCUT2D eigenvalue weighted by atomic mass is 9.72. The molecule has 1 radical (unpaired) electrons. The minimum Gasteiger partial charge on any atom is -0.461 e. The molecule has 4 heteroatoms. The molecule has 11 heavy (non-hydrogen) atoms. The molecule has 1 rings (SSSR count). The van der Waals surface area contributed by atoms with E-state index in [1.165, 1.54) is 6.92 Å². The van der Waals surface area contributed by atoms with Gasteiger partial charge in [-0.05, 0) is 0 Å². The van der Waals surface area contributed by atoms with Crippen molar-refractivity contribution in [2.24, 2.45) is 0 Å². The van der Waals surface area contributed by atoms with Gasteiger partial charge in [0, 0.05) is 20.0 Å². The second-order valence-electron chi connectivity index (χ2n) is 2.61. The van der Waals surface area contributed by atoms with E-state index in [0.29, 0.717) is 6.61 Å². The molecule has 0 saturated carbocycles. The third kappa shape index (κ3) is 2.22. The van der Waals surface area contributed by atoms with Crippen LogP contribution in [0.2, 0.25) is 6.82 Å². The molecule has 1 heterocycles. The Labute approximate surface area is 67.3 Å². The van der Waals surface area contributed by atoms with E-state index in [1.807, 2.05) is 14.1 Å². The van der Waals surface area contributed by atoms with Crippen LogP contribution in [0.4, 0.5) is 0 Å². The summed E-state index contributed by atoms with van der Waals surface area (Å²) in [5.41, 5.74) is 0. The molecule has 0 aliphatic carbocycles. The first-order valence-corrected chi connectivity index (χ1v) is 3.82. The van der Waals surface area contributed by atoms with E-state index >= 15 is 0 Å². The van der Waals surface area contributed by atoms with Crippen molar-refractivity contribution in [1.29, 1.82) is 0 Å². The van der Waals surface area contributed by atoms with E-state index in [9.17, 15) is 4.79 Å². The Morgan fingerprint density at radius 3 is 3.00 bits per heavy atom. The molecule has 1 aliphatic rings. The van der Waals surface area contributed by atoms with Crippen molar-refractivity contribution >= 4 is 13.2 Å². The van der Waals surface area contributed by atoms with E-state index in [2.05, 4.69) is 0 Å². The Balaban J connectivity index is 2.37. The lowest BCUT2D eigenvalue weighted by Crippen LogP contribution is -2.30. The number of carbonyl (C=O) groups excluding carboxylic acids is 1. The Kier molecular flexibility index (Phi) is 2.94. The quantitative estimate of drug-likeness (QED) is 0.428. The summed E-state index contributed by atoms with van der Waals surface area (Å²) in [6.45, 7) is 4.02. The fourth-order valence-corrected chi connectivity index (χ4v) is 1.24. The Morgan fingerprint density at radius 2 is 2.45 bits per heavy atom. The molecule has 1 saturated heterocycles. The van der Waals surface area contributed by atoms with Gasteiger partial charge in [-0.25, -0.2) is 0 Å². The summed E-state index contributed by atoms with van der Waals surface area (Å²) in [5, 5.41) is 0. The molecule has 1 fully saturated rings. The van der Waals surface area contributed by atoms with Crippen LogP contribution in [-0.4, -0.2) is 32.0 Å². The molecule has 0 aromatic carbocycles. The monoisotopic (exact) mass is 155 g/mol. The molecule has 0 bridgehead atoms. The summed E-state index contributed by atoms with van der Waals surface area (Å²) in [6.07, 6.45) is 0.756. The maximum absolute atomic E-state index is 10.6. The second kappa shape index (κ2) is 3.76. The van der Waals surface area contributed by atoms with Gasteiger partial charge in [-0.1, -0.05) is 6.82 Å². The molecule has 2 unspecified atom stereocenters. The normalized spacial score (nSPS) is 30.0. The van der Waals surface area contributed by atoms with Crippen LogP contribution in [0.5, 0.6) is 0 Å². The summed E-state index contributed by atoms with van der Waals surface area (Å²) >= 11 is 0. The van der Waals surface area contributed by atoms with Gasteiger partial charge in [0.15, 0.2) is 7.28 Å². The third-order valence-electron chi connectivity index (χ3n) is 1.72. The molecule has 0 aromatic heterocycles. The molecule has 0 aromatic rings. The van der Waals surface area contributed by atoms with Crippen LogP contribution in [-0.2, 0) is 14.3 Å². The molecule has 1 aliphatic heterocycles. The molecule has 3 nitrogen and oxygen atoms in total. The first-order valence-electron chi connectivity index (χ1n) is 3.82. The van der Waals surface area contributed by atoms with Gasteiger partial charge in [0.25, 0.3) is 0 Å². The van der Waals surface area contributed by atoms with Crippen LogP contribution < -0.4 is 0 Å². The molecular formula is C7H12BO3. The summed E-state index contributed by atoms with van der Waals surface area (Å²) in [4.78, 5) is 10.6. The Bertz CT molecular complexity index is 149. The maximum atomic E-state index is 10.6. The average Bonchev–Trinajstić information content (AvgIpc) is 2.34. The first-order chi connectivity index (χ1) is 5.24. The van der Waals surface area contributed by atoms with E-state index < -0.39 is 0 Å². The van der Waals surface area contributed by atoms with Crippen molar-refractivity contribution in [3.05, 3.63) is 0 Å². The van der Waals surface area contributed by atoms with Crippen molar-refractivity contribution < 1.29 is 14.3 Å². The summed E-state index contributed by atoms with van der Waals surface area (Å²) < 4.78 is 10.3. The molecule has 0 amide bonds. The lowest BCUT2D eigenvalue weighted by Gasteiger charge is -2.15. The van der Waals surface area contributed by atoms with Crippen molar-refractivity contribution in [3.8, 4) is 0 Å². The number of ether oxygens (including phenoxy) is 2. The number of hydrogen-bond acceptors (Lipinski definition) is 3. The van der Waals surface area contributed by atoms with Crippen LogP contribution in [0.1, 0.15) is 13.3 Å². The smallest absolute Gasteiger partial charge is 0.302 e. The maximum Gasteiger partial charge on any atom is 0.302 e. The highest BCUT2D eigenvalue weighted by Gasteiger charge is 2.29. The molecule has 2 atom stereocenters. The van der Waals surface area contributed by atoms with Crippen molar-refractivity contribution in [3.63, 3.8) is 0 Å². The van der Waals surface area contributed by atoms with Crippen molar-refractivity contribution in [2.45, 2.75) is 32.3 Å². The van der Waals surface area contributed by atoms with Gasteiger partial charge in [0.05, 0.1) is 6.00 Å². The van der Waals surface area contributed by atoms with Crippen molar-refractivity contribution in [2.75, 3.05) is 6.61 Å². The number of carbonyl (C=O) groups is 1. The first kappa shape index (κ1) is 8.59. The van der Waals surface area contributed by atoms with Gasteiger partial charge in [0.1, 0.15) is 6.10 Å². The average molecular weight is 155 g/mol. The largest absolute Gasteiger partial charge is 0.461 e. The Hall–Kier alpha value is -0.505. The lowest BCUT2D eigenvalue weighted by molar-refractivity contribution is -0.147. The molecular weight excluding hydrogens is 143 g/mol. The molecule has 61 valence electrons. The zero-order chi connectivity index (χ0) is 8.27. The van der Waals surface area contributed by atoms with E-state index in [0.717, 1.165) is 6.42 Å². The highest BCUT2D eigenvalue weighted by atomic mass is 16.6. The second-order valence-corrected chi connectivity index (χ2v) is 2.61. The standard InChI is InChI=1S/C7H12BO3/c1-5(9)11-6-3-4-10-7(6)8-2/h6-7H,3-4H2,1-2H3. The zero-order valence-corrected chi connectivity index (χ0v) is 6.87. The number of esters is 1.